The van der Waals surface area contributed by atoms with Gasteiger partial charge in [0.25, 0.3) is 0 Å². The van der Waals surface area contributed by atoms with Gasteiger partial charge in [-0.3, -0.25) is 0 Å². The number of anilines is 1. The lowest BCUT2D eigenvalue weighted by Gasteiger charge is -2.11. The van der Waals surface area contributed by atoms with Crippen LogP contribution in [0.4, 0.5) is 5.69 Å². The van der Waals surface area contributed by atoms with Crippen LogP contribution in [0, 0.1) is 0 Å². The molecule has 2 aromatic rings. The Morgan fingerprint density at radius 2 is 1.87 bits per heavy atom. The van der Waals surface area contributed by atoms with E-state index < -0.39 is 5.97 Å². The first kappa shape index (κ1) is 16.8. The van der Waals surface area contributed by atoms with Gasteiger partial charge in [0.2, 0.25) is 0 Å². The number of rotatable bonds is 8. The molecule has 0 aliphatic rings. The summed E-state index contributed by atoms with van der Waals surface area (Å²) in [5, 5.41) is 21.0. The molecule has 0 heterocycles. The number of aryl methyl sites for hydroxylation is 1. The molecule has 0 fully saturated rings. The number of aliphatic hydroxyl groups excluding tert-OH is 1. The Labute approximate surface area is 136 Å². The second kappa shape index (κ2) is 8.76. The molecular formula is C19H21NO3. The second-order valence-corrected chi connectivity index (χ2v) is 5.26. The summed E-state index contributed by atoms with van der Waals surface area (Å²) in [5.74, 6) is -0.962. The Kier molecular flexibility index (Phi) is 6.39. The van der Waals surface area contributed by atoms with E-state index in [1.165, 1.54) is 5.56 Å². The van der Waals surface area contributed by atoms with Crippen molar-refractivity contribution >= 4 is 17.7 Å². The van der Waals surface area contributed by atoms with Crippen molar-refractivity contribution in [3.05, 3.63) is 71.3 Å². The molecule has 0 spiro atoms. The van der Waals surface area contributed by atoms with E-state index in [0.717, 1.165) is 35.7 Å². The van der Waals surface area contributed by atoms with Crippen LogP contribution in [0.25, 0.3) is 6.08 Å². The van der Waals surface area contributed by atoms with Crippen LogP contribution in [0.5, 0.6) is 0 Å². The van der Waals surface area contributed by atoms with Crippen molar-refractivity contribution in [3.8, 4) is 0 Å². The lowest BCUT2D eigenvalue weighted by atomic mass is 10.1. The summed E-state index contributed by atoms with van der Waals surface area (Å²) in [6.07, 6.45) is 4.35. The molecule has 0 atom stereocenters. The zero-order chi connectivity index (χ0) is 16.5. The first-order valence-corrected chi connectivity index (χ1v) is 7.61. The van der Waals surface area contributed by atoms with Crippen LogP contribution in [-0.2, 0) is 17.8 Å². The molecule has 0 aromatic heterocycles. The SMILES string of the molecule is O=C(O)/C=C/c1ccccc1NCc1cccc(CCCO)c1. The maximum atomic E-state index is 10.7. The highest BCUT2D eigenvalue weighted by Gasteiger charge is 2.01. The summed E-state index contributed by atoms with van der Waals surface area (Å²) in [7, 11) is 0. The van der Waals surface area contributed by atoms with Crippen LogP contribution < -0.4 is 5.32 Å². The van der Waals surface area contributed by atoms with Crippen LogP contribution in [0.2, 0.25) is 0 Å². The number of carboxylic acid groups (broad SMARTS) is 1. The smallest absolute Gasteiger partial charge is 0.328 e. The quantitative estimate of drug-likeness (QED) is 0.654. The lowest BCUT2D eigenvalue weighted by Crippen LogP contribution is -2.02. The third-order valence-corrected chi connectivity index (χ3v) is 3.46. The van der Waals surface area contributed by atoms with Crippen LogP contribution in [-0.4, -0.2) is 22.8 Å². The van der Waals surface area contributed by atoms with Gasteiger partial charge in [-0.05, 0) is 41.7 Å². The molecular weight excluding hydrogens is 290 g/mol. The van der Waals surface area contributed by atoms with Gasteiger partial charge in [0.05, 0.1) is 0 Å². The van der Waals surface area contributed by atoms with Crippen LogP contribution in [0.3, 0.4) is 0 Å². The van der Waals surface area contributed by atoms with Gasteiger partial charge in [0.1, 0.15) is 0 Å². The van der Waals surface area contributed by atoms with Crippen molar-refractivity contribution in [1.82, 2.24) is 0 Å². The molecule has 0 radical (unpaired) electrons. The fraction of sp³-hybridized carbons (Fsp3) is 0.211. The molecule has 2 aromatic carbocycles. The summed E-state index contributed by atoms with van der Waals surface area (Å²) < 4.78 is 0. The minimum absolute atomic E-state index is 0.200. The van der Waals surface area contributed by atoms with Gasteiger partial charge in [0.15, 0.2) is 0 Å². The van der Waals surface area contributed by atoms with Crippen LogP contribution in [0.1, 0.15) is 23.1 Å². The molecule has 4 heteroatoms. The number of para-hydroxylation sites is 1. The molecule has 3 N–H and O–H groups in total. The molecule has 0 amide bonds. The number of aliphatic hydroxyl groups is 1. The summed E-state index contributed by atoms with van der Waals surface area (Å²) in [6.45, 7) is 0.858. The summed E-state index contributed by atoms with van der Waals surface area (Å²) in [5.41, 5.74) is 4.09. The van der Waals surface area contributed by atoms with Crippen molar-refractivity contribution in [1.29, 1.82) is 0 Å². The van der Waals surface area contributed by atoms with Gasteiger partial charge < -0.3 is 15.5 Å². The Morgan fingerprint density at radius 3 is 2.65 bits per heavy atom. The highest BCUT2D eigenvalue weighted by atomic mass is 16.4. The maximum Gasteiger partial charge on any atom is 0.328 e. The average Bonchev–Trinajstić information content (AvgIpc) is 2.57. The highest BCUT2D eigenvalue weighted by Crippen LogP contribution is 2.18. The van der Waals surface area contributed by atoms with E-state index in [9.17, 15) is 4.79 Å². The van der Waals surface area contributed by atoms with Crippen LogP contribution >= 0.6 is 0 Å². The topological polar surface area (TPSA) is 69.6 Å². The Balaban J connectivity index is 2.05. The number of carboxylic acids is 1. The second-order valence-electron chi connectivity index (χ2n) is 5.26. The van der Waals surface area contributed by atoms with Gasteiger partial charge in [-0.25, -0.2) is 4.79 Å². The minimum atomic E-state index is -0.962. The summed E-state index contributed by atoms with van der Waals surface area (Å²) in [6, 6.07) is 15.8. The maximum absolute atomic E-state index is 10.7. The van der Waals surface area contributed by atoms with E-state index in [1.807, 2.05) is 36.4 Å². The Morgan fingerprint density at radius 1 is 1.09 bits per heavy atom. The van der Waals surface area contributed by atoms with E-state index in [1.54, 1.807) is 6.08 Å². The highest BCUT2D eigenvalue weighted by molar-refractivity contribution is 5.86. The number of hydrogen-bond acceptors (Lipinski definition) is 3. The first-order chi connectivity index (χ1) is 11.2. The van der Waals surface area contributed by atoms with E-state index >= 15 is 0 Å². The molecule has 2 rings (SSSR count). The molecule has 120 valence electrons. The van der Waals surface area contributed by atoms with Crippen molar-refractivity contribution in [2.24, 2.45) is 0 Å². The number of carbonyl (C=O) groups is 1. The van der Waals surface area contributed by atoms with Crippen molar-refractivity contribution in [3.63, 3.8) is 0 Å². The van der Waals surface area contributed by atoms with Gasteiger partial charge in [-0.1, -0.05) is 42.5 Å². The number of benzene rings is 2. The average molecular weight is 311 g/mol. The monoisotopic (exact) mass is 311 g/mol. The third-order valence-electron chi connectivity index (χ3n) is 3.46. The standard InChI is InChI=1S/C19H21NO3/c21-12-4-7-15-5-3-6-16(13-15)14-20-18-9-2-1-8-17(18)10-11-19(22)23/h1-3,5-6,8-11,13,20-21H,4,7,12,14H2,(H,22,23)/b11-10+. The van der Waals surface area contributed by atoms with Gasteiger partial charge in [-0.2, -0.15) is 0 Å². The number of nitrogens with one attached hydrogen (secondary N) is 1. The van der Waals surface area contributed by atoms with E-state index in [-0.39, 0.29) is 6.61 Å². The fourth-order valence-corrected chi connectivity index (χ4v) is 2.34. The predicted molar refractivity (Wildman–Crippen MR) is 92.3 cm³/mol. The third kappa shape index (κ3) is 5.60. The van der Waals surface area contributed by atoms with Gasteiger partial charge in [0, 0.05) is 24.9 Å². The number of hydrogen-bond donors (Lipinski definition) is 3. The Bertz CT molecular complexity index is 680. The lowest BCUT2D eigenvalue weighted by molar-refractivity contribution is -0.131. The van der Waals surface area contributed by atoms with Crippen molar-refractivity contribution in [2.75, 3.05) is 11.9 Å². The first-order valence-electron chi connectivity index (χ1n) is 7.61. The molecule has 0 unspecified atom stereocenters. The Hall–Kier alpha value is -2.59. The molecule has 0 saturated carbocycles. The van der Waals surface area contributed by atoms with Gasteiger partial charge in [-0.15, -0.1) is 0 Å². The molecule has 23 heavy (non-hydrogen) atoms. The summed E-state index contributed by atoms with van der Waals surface area (Å²) >= 11 is 0. The number of aliphatic carboxylic acids is 1. The van der Waals surface area contributed by atoms with Crippen LogP contribution in [0.15, 0.2) is 54.6 Å². The normalized spacial score (nSPS) is 10.8. The zero-order valence-electron chi connectivity index (χ0n) is 12.9. The minimum Gasteiger partial charge on any atom is -0.478 e. The van der Waals surface area contributed by atoms with E-state index in [0.29, 0.717) is 6.54 Å². The fourth-order valence-electron chi connectivity index (χ4n) is 2.34. The zero-order valence-corrected chi connectivity index (χ0v) is 12.9. The predicted octanol–water partition coefficient (Wildman–Crippen LogP) is 3.32. The summed E-state index contributed by atoms with van der Waals surface area (Å²) in [4.78, 5) is 10.7. The molecule has 0 saturated heterocycles. The van der Waals surface area contributed by atoms with E-state index in [4.69, 9.17) is 10.2 Å². The van der Waals surface area contributed by atoms with Gasteiger partial charge >= 0.3 is 5.97 Å². The molecule has 0 aliphatic carbocycles. The molecule has 4 nitrogen and oxygen atoms in total. The molecule has 0 bridgehead atoms. The largest absolute Gasteiger partial charge is 0.478 e. The van der Waals surface area contributed by atoms with Crippen molar-refractivity contribution < 1.29 is 15.0 Å². The molecule has 0 aliphatic heterocycles. The van der Waals surface area contributed by atoms with Crippen molar-refractivity contribution in [2.45, 2.75) is 19.4 Å². The van der Waals surface area contributed by atoms with E-state index in [2.05, 4.69) is 17.4 Å².